The van der Waals surface area contributed by atoms with Crippen molar-refractivity contribution in [1.29, 1.82) is 0 Å². The van der Waals surface area contributed by atoms with Crippen molar-refractivity contribution in [3.63, 3.8) is 0 Å². The zero-order chi connectivity index (χ0) is 20.1. The molecule has 1 atom stereocenters. The number of nitrogens with one attached hydrogen (secondary N) is 2. The predicted octanol–water partition coefficient (Wildman–Crippen LogP) is 1.11. The Bertz CT molecular complexity index is 895. The molecular formula is C20H28N3O3S2+. The summed E-state index contributed by atoms with van der Waals surface area (Å²) in [6.45, 7) is 2.08. The van der Waals surface area contributed by atoms with Gasteiger partial charge in [-0.2, -0.15) is 4.31 Å². The van der Waals surface area contributed by atoms with Gasteiger partial charge in [-0.1, -0.05) is 30.3 Å². The summed E-state index contributed by atoms with van der Waals surface area (Å²) in [4.78, 5) is 14.0. The van der Waals surface area contributed by atoms with Gasteiger partial charge < -0.3 is 10.2 Å². The molecule has 1 aliphatic rings. The summed E-state index contributed by atoms with van der Waals surface area (Å²) in [6, 6.07) is 11.5. The second-order valence-corrected chi connectivity index (χ2v) is 10.6. The number of quaternary nitrogens is 1. The van der Waals surface area contributed by atoms with Crippen LogP contribution in [-0.4, -0.2) is 45.8 Å². The smallest absolute Gasteiger partial charge is 0.252 e. The third-order valence-electron chi connectivity index (χ3n) is 4.96. The maximum atomic E-state index is 12.7. The summed E-state index contributed by atoms with van der Waals surface area (Å²) in [7, 11) is 0.691. The van der Waals surface area contributed by atoms with E-state index < -0.39 is 10.0 Å². The van der Waals surface area contributed by atoms with Crippen LogP contribution in [0, 0.1) is 5.92 Å². The number of carbonyl (C=O) groups excluding carboxylic acids is 1. The molecule has 0 spiro atoms. The first-order valence-corrected chi connectivity index (χ1v) is 11.9. The van der Waals surface area contributed by atoms with E-state index in [1.165, 1.54) is 26.1 Å². The molecule has 0 unspecified atom stereocenters. The van der Waals surface area contributed by atoms with Crippen molar-refractivity contribution in [3.8, 4) is 0 Å². The fourth-order valence-electron chi connectivity index (χ4n) is 3.52. The van der Waals surface area contributed by atoms with Crippen LogP contribution in [0.3, 0.4) is 0 Å². The van der Waals surface area contributed by atoms with Gasteiger partial charge in [0.1, 0.15) is 10.8 Å². The predicted molar refractivity (Wildman–Crippen MR) is 111 cm³/mol. The fraction of sp³-hybridized carbons (Fsp3) is 0.450. The molecular weight excluding hydrogens is 394 g/mol. The largest absolute Gasteiger partial charge is 0.352 e. The molecule has 0 bridgehead atoms. The first-order valence-electron chi connectivity index (χ1n) is 9.55. The Hall–Kier alpha value is -1.74. The van der Waals surface area contributed by atoms with Crippen molar-refractivity contribution in [3.05, 3.63) is 52.9 Å². The van der Waals surface area contributed by atoms with Gasteiger partial charge in [-0.25, -0.2) is 8.42 Å². The maximum Gasteiger partial charge on any atom is 0.252 e. The number of thiophene rings is 1. The number of hydrogen-bond donors (Lipinski definition) is 2. The molecule has 6 nitrogen and oxygen atoms in total. The Kier molecular flexibility index (Phi) is 6.87. The zero-order valence-electron chi connectivity index (χ0n) is 16.3. The molecule has 2 heterocycles. The summed E-state index contributed by atoms with van der Waals surface area (Å²) < 4.78 is 27.3. The minimum Gasteiger partial charge on any atom is -0.352 e. The molecule has 1 aliphatic heterocycles. The standard InChI is InChI=1S/C20H27N3O3S2/c1-22(2)14-17-8-4-3-7-16(17)13-21-20(24)18-9-5-11-23(15-18)28(25,26)19-10-6-12-27-19/h3-4,6-8,10,12,18H,5,9,11,13-15H2,1-2H3,(H,21,24)/p+1/t18-/m1/s1. The van der Waals surface area contributed by atoms with E-state index >= 15 is 0 Å². The average Bonchev–Trinajstić information content (AvgIpc) is 3.22. The number of benzene rings is 1. The van der Waals surface area contributed by atoms with Crippen molar-refractivity contribution < 1.29 is 18.1 Å². The van der Waals surface area contributed by atoms with E-state index in [0.29, 0.717) is 30.1 Å². The van der Waals surface area contributed by atoms with Gasteiger partial charge in [-0.15, -0.1) is 11.3 Å². The molecule has 0 saturated carbocycles. The Labute approximate surface area is 171 Å². The van der Waals surface area contributed by atoms with Crippen molar-refractivity contribution in [2.45, 2.75) is 30.1 Å². The highest BCUT2D eigenvalue weighted by atomic mass is 32.2. The van der Waals surface area contributed by atoms with Crippen LogP contribution in [0.5, 0.6) is 0 Å². The number of amides is 1. The van der Waals surface area contributed by atoms with Crippen molar-refractivity contribution >= 4 is 27.3 Å². The van der Waals surface area contributed by atoms with Crippen molar-refractivity contribution in [1.82, 2.24) is 9.62 Å². The number of piperidine rings is 1. The lowest BCUT2D eigenvalue weighted by Crippen LogP contribution is -3.04. The second-order valence-electron chi connectivity index (χ2n) is 7.50. The lowest BCUT2D eigenvalue weighted by atomic mass is 9.98. The molecule has 152 valence electrons. The fourth-order valence-corrected chi connectivity index (χ4v) is 6.19. The third-order valence-corrected chi connectivity index (χ3v) is 8.20. The third kappa shape index (κ3) is 5.00. The van der Waals surface area contributed by atoms with Crippen LogP contribution in [0.15, 0.2) is 46.0 Å². The highest BCUT2D eigenvalue weighted by Gasteiger charge is 2.33. The lowest BCUT2D eigenvalue weighted by molar-refractivity contribution is -0.872. The molecule has 2 aromatic rings. The minimum atomic E-state index is -3.50. The summed E-state index contributed by atoms with van der Waals surface area (Å²) in [6.07, 6.45) is 1.41. The normalized spacial score (nSPS) is 18.3. The van der Waals surface area contributed by atoms with E-state index in [2.05, 4.69) is 25.5 Å². The van der Waals surface area contributed by atoms with Crippen LogP contribution in [0.25, 0.3) is 0 Å². The van der Waals surface area contributed by atoms with Crippen LogP contribution in [-0.2, 0) is 27.9 Å². The molecule has 8 heteroatoms. The molecule has 3 rings (SSSR count). The highest BCUT2D eigenvalue weighted by Crippen LogP contribution is 2.26. The SMILES string of the molecule is C[NH+](C)Cc1ccccc1CNC(=O)[C@@H]1CCCN(S(=O)(=O)c2cccs2)C1. The number of nitrogens with zero attached hydrogens (tertiary/aromatic N) is 1. The van der Waals surface area contributed by atoms with Gasteiger partial charge in [-0.3, -0.25) is 4.79 Å². The summed E-state index contributed by atoms with van der Waals surface area (Å²) in [5.74, 6) is -0.381. The molecule has 1 aromatic carbocycles. The second kappa shape index (κ2) is 9.17. The molecule has 1 amide bonds. The first-order chi connectivity index (χ1) is 13.4. The minimum absolute atomic E-state index is 0.0712. The van der Waals surface area contributed by atoms with E-state index in [1.54, 1.807) is 17.5 Å². The summed E-state index contributed by atoms with van der Waals surface area (Å²) >= 11 is 1.21. The average molecular weight is 423 g/mol. The number of carbonyl (C=O) groups is 1. The Morgan fingerprint density at radius 1 is 1.21 bits per heavy atom. The maximum absolute atomic E-state index is 12.7. The van der Waals surface area contributed by atoms with Gasteiger partial charge in [0.25, 0.3) is 10.0 Å². The van der Waals surface area contributed by atoms with Gasteiger partial charge in [0, 0.05) is 25.2 Å². The van der Waals surface area contributed by atoms with Crippen LogP contribution in [0.2, 0.25) is 0 Å². The van der Waals surface area contributed by atoms with E-state index in [4.69, 9.17) is 0 Å². The van der Waals surface area contributed by atoms with E-state index in [9.17, 15) is 13.2 Å². The molecule has 28 heavy (non-hydrogen) atoms. The quantitative estimate of drug-likeness (QED) is 0.702. The van der Waals surface area contributed by atoms with Gasteiger partial charge in [0.15, 0.2) is 0 Å². The molecule has 1 saturated heterocycles. The van der Waals surface area contributed by atoms with Gasteiger partial charge in [0.05, 0.1) is 20.0 Å². The zero-order valence-corrected chi connectivity index (χ0v) is 18.0. The topological polar surface area (TPSA) is 70.9 Å². The van der Waals surface area contributed by atoms with Gasteiger partial charge >= 0.3 is 0 Å². The van der Waals surface area contributed by atoms with E-state index in [-0.39, 0.29) is 18.4 Å². The number of hydrogen-bond acceptors (Lipinski definition) is 4. The summed E-state index contributed by atoms with van der Waals surface area (Å²) in [5.41, 5.74) is 2.32. The lowest BCUT2D eigenvalue weighted by Gasteiger charge is -2.30. The Morgan fingerprint density at radius 3 is 2.64 bits per heavy atom. The van der Waals surface area contributed by atoms with Crippen LogP contribution in [0.4, 0.5) is 0 Å². The molecule has 2 N–H and O–H groups in total. The number of sulfonamides is 1. The van der Waals surface area contributed by atoms with E-state index in [1.807, 2.05) is 18.2 Å². The van der Waals surface area contributed by atoms with Crippen LogP contribution < -0.4 is 10.2 Å². The highest BCUT2D eigenvalue weighted by molar-refractivity contribution is 7.91. The Balaban J connectivity index is 1.62. The van der Waals surface area contributed by atoms with Crippen molar-refractivity contribution in [2.24, 2.45) is 5.92 Å². The van der Waals surface area contributed by atoms with Crippen LogP contribution >= 0.6 is 11.3 Å². The van der Waals surface area contributed by atoms with Gasteiger partial charge in [-0.05, 0) is 29.9 Å². The monoisotopic (exact) mass is 422 g/mol. The van der Waals surface area contributed by atoms with E-state index in [0.717, 1.165) is 12.1 Å². The molecule has 0 radical (unpaired) electrons. The summed E-state index contributed by atoms with van der Waals surface area (Å²) in [5, 5.41) is 4.78. The first kappa shape index (κ1) is 21.0. The van der Waals surface area contributed by atoms with Gasteiger partial charge in [0.2, 0.25) is 5.91 Å². The number of rotatable bonds is 7. The van der Waals surface area contributed by atoms with Crippen molar-refractivity contribution in [2.75, 3.05) is 27.2 Å². The van der Waals surface area contributed by atoms with Crippen LogP contribution in [0.1, 0.15) is 24.0 Å². The molecule has 1 fully saturated rings. The molecule has 0 aliphatic carbocycles. The Morgan fingerprint density at radius 2 is 1.96 bits per heavy atom. The molecule has 1 aromatic heterocycles.